The maximum absolute atomic E-state index is 13.9. The summed E-state index contributed by atoms with van der Waals surface area (Å²) in [6.07, 6.45) is -4.27. The van der Waals surface area contributed by atoms with Gasteiger partial charge in [0.2, 0.25) is 0 Å². The summed E-state index contributed by atoms with van der Waals surface area (Å²) in [7, 11) is 0. The molecular weight excluding hydrogens is 278 g/mol. The molecule has 108 valence electrons. The van der Waals surface area contributed by atoms with Crippen LogP contribution in [-0.2, 0) is 6.18 Å². The standard InChI is InChI=1S/C12H11F4N3O/c1-2-8(17)10-18-11(20-19-10)6-4-3-5-7(9(6)13)12(14,15)16/h3-5,8H,2,17H2,1H3. The van der Waals surface area contributed by atoms with E-state index in [9.17, 15) is 17.6 Å². The Morgan fingerprint density at radius 2 is 2.05 bits per heavy atom. The van der Waals surface area contributed by atoms with Crippen molar-refractivity contribution in [1.29, 1.82) is 0 Å². The molecule has 2 rings (SSSR count). The van der Waals surface area contributed by atoms with E-state index in [0.717, 1.165) is 12.1 Å². The zero-order chi connectivity index (χ0) is 14.9. The lowest BCUT2D eigenvalue weighted by atomic mass is 10.1. The highest BCUT2D eigenvalue weighted by molar-refractivity contribution is 5.56. The summed E-state index contributed by atoms with van der Waals surface area (Å²) in [6.45, 7) is 1.78. The van der Waals surface area contributed by atoms with Gasteiger partial charge in [-0.15, -0.1) is 0 Å². The van der Waals surface area contributed by atoms with Gasteiger partial charge in [-0.05, 0) is 18.6 Å². The zero-order valence-electron chi connectivity index (χ0n) is 10.4. The molecule has 0 aliphatic rings. The Balaban J connectivity index is 2.46. The second-order valence-corrected chi connectivity index (χ2v) is 4.14. The molecule has 1 aromatic carbocycles. The van der Waals surface area contributed by atoms with Crippen LogP contribution in [0.5, 0.6) is 0 Å². The fourth-order valence-corrected chi connectivity index (χ4v) is 1.59. The van der Waals surface area contributed by atoms with Crippen molar-refractivity contribution in [3.63, 3.8) is 0 Å². The highest BCUT2D eigenvalue weighted by atomic mass is 19.4. The van der Waals surface area contributed by atoms with E-state index in [-0.39, 0.29) is 11.7 Å². The van der Waals surface area contributed by atoms with Crippen LogP contribution in [-0.4, -0.2) is 10.1 Å². The molecule has 1 heterocycles. The predicted molar refractivity (Wildman–Crippen MR) is 61.9 cm³/mol. The van der Waals surface area contributed by atoms with Crippen LogP contribution in [0, 0.1) is 5.82 Å². The Morgan fingerprint density at radius 1 is 1.35 bits per heavy atom. The summed E-state index contributed by atoms with van der Waals surface area (Å²) in [6, 6.07) is 2.35. The monoisotopic (exact) mass is 289 g/mol. The summed E-state index contributed by atoms with van der Waals surface area (Å²) in [5.41, 5.74) is 3.88. The van der Waals surface area contributed by atoms with E-state index in [1.54, 1.807) is 6.92 Å². The Bertz CT molecular complexity index is 609. The first kappa shape index (κ1) is 14.4. The average molecular weight is 289 g/mol. The van der Waals surface area contributed by atoms with Gasteiger partial charge in [0.25, 0.3) is 5.89 Å². The van der Waals surface area contributed by atoms with E-state index >= 15 is 0 Å². The normalized spacial score (nSPS) is 13.5. The Morgan fingerprint density at radius 3 is 2.65 bits per heavy atom. The van der Waals surface area contributed by atoms with Crippen LogP contribution in [0.25, 0.3) is 11.5 Å². The molecule has 1 aromatic heterocycles. The van der Waals surface area contributed by atoms with Gasteiger partial charge in [0, 0.05) is 0 Å². The van der Waals surface area contributed by atoms with E-state index in [1.165, 1.54) is 0 Å². The number of alkyl halides is 3. The quantitative estimate of drug-likeness (QED) is 0.880. The largest absolute Gasteiger partial charge is 0.419 e. The first-order valence-corrected chi connectivity index (χ1v) is 5.79. The number of hydrogen-bond acceptors (Lipinski definition) is 4. The highest BCUT2D eigenvalue weighted by Crippen LogP contribution is 2.35. The van der Waals surface area contributed by atoms with E-state index in [1.807, 2.05) is 0 Å². The number of aromatic nitrogens is 2. The zero-order valence-corrected chi connectivity index (χ0v) is 10.4. The first-order chi connectivity index (χ1) is 9.34. The molecule has 8 heteroatoms. The molecule has 0 radical (unpaired) electrons. The Kier molecular flexibility index (Phi) is 3.76. The van der Waals surface area contributed by atoms with Gasteiger partial charge < -0.3 is 10.3 Å². The minimum absolute atomic E-state index is 0.124. The Labute approximate surface area is 111 Å². The maximum atomic E-state index is 13.9. The predicted octanol–water partition coefficient (Wildman–Crippen LogP) is 3.30. The molecule has 4 nitrogen and oxygen atoms in total. The highest BCUT2D eigenvalue weighted by Gasteiger charge is 2.35. The lowest BCUT2D eigenvalue weighted by Crippen LogP contribution is -2.10. The van der Waals surface area contributed by atoms with Gasteiger partial charge in [-0.25, -0.2) is 4.39 Å². The number of nitrogens with two attached hydrogens (primary N) is 1. The van der Waals surface area contributed by atoms with Crippen LogP contribution in [0.3, 0.4) is 0 Å². The third-order valence-electron chi connectivity index (χ3n) is 2.75. The van der Waals surface area contributed by atoms with E-state index in [2.05, 4.69) is 10.1 Å². The molecule has 1 atom stereocenters. The summed E-state index contributed by atoms with van der Waals surface area (Å²) >= 11 is 0. The van der Waals surface area contributed by atoms with Gasteiger partial charge in [0.15, 0.2) is 5.82 Å². The van der Waals surface area contributed by atoms with Crippen LogP contribution in [0.1, 0.15) is 30.8 Å². The van der Waals surface area contributed by atoms with Gasteiger partial charge in [-0.3, -0.25) is 0 Å². The number of rotatable bonds is 3. The van der Waals surface area contributed by atoms with E-state index < -0.39 is 29.2 Å². The van der Waals surface area contributed by atoms with E-state index in [0.29, 0.717) is 12.5 Å². The summed E-state index contributed by atoms with van der Waals surface area (Å²) < 4.78 is 56.5. The van der Waals surface area contributed by atoms with Crippen LogP contribution in [0.2, 0.25) is 0 Å². The number of hydrogen-bond donors (Lipinski definition) is 1. The molecule has 1 unspecified atom stereocenters. The van der Waals surface area contributed by atoms with Crippen molar-refractivity contribution >= 4 is 0 Å². The molecule has 0 fully saturated rings. The van der Waals surface area contributed by atoms with Gasteiger partial charge in [0.05, 0.1) is 17.2 Å². The average Bonchev–Trinajstić information content (AvgIpc) is 2.86. The van der Waals surface area contributed by atoms with Crippen molar-refractivity contribution < 1.29 is 22.1 Å². The van der Waals surface area contributed by atoms with Crippen molar-refractivity contribution in [2.75, 3.05) is 0 Å². The SMILES string of the molecule is CCC(N)c1noc(-c2cccc(C(F)(F)F)c2F)n1. The van der Waals surface area contributed by atoms with Crippen LogP contribution < -0.4 is 5.73 Å². The second kappa shape index (κ2) is 5.20. The van der Waals surface area contributed by atoms with Crippen molar-refractivity contribution in [3.05, 3.63) is 35.4 Å². The molecule has 0 amide bonds. The Hall–Kier alpha value is -1.96. The first-order valence-electron chi connectivity index (χ1n) is 5.79. The smallest absolute Gasteiger partial charge is 0.334 e. The summed E-state index contributed by atoms with van der Waals surface area (Å²) in [5.74, 6) is -1.65. The lowest BCUT2D eigenvalue weighted by Gasteiger charge is -2.08. The summed E-state index contributed by atoms with van der Waals surface area (Å²) in [5, 5.41) is 3.54. The van der Waals surface area contributed by atoms with Crippen LogP contribution >= 0.6 is 0 Å². The third-order valence-corrected chi connectivity index (χ3v) is 2.75. The molecule has 0 spiro atoms. The van der Waals surface area contributed by atoms with Crippen LogP contribution in [0.4, 0.5) is 17.6 Å². The van der Waals surface area contributed by atoms with Crippen LogP contribution in [0.15, 0.2) is 22.7 Å². The second-order valence-electron chi connectivity index (χ2n) is 4.14. The van der Waals surface area contributed by atoms with Crippen molar-refractivity contribution in [2.24, 2.45) is 5.73 Å². The molecule has 20 heavy (non-hydrogen) atoms. The van der Waals surface area contributed by atoms with Crippen molar-refractivity contribution in [3.8, 4) is 11.5 Å². The number of nitrogens with zero attached hydrogens (tertiary/aromatic N) is 2. The molecule has 2 N–H and O–H groups in total. The lowest BCUT2D eigenvalue weighted by molar-refractivity contribution is -0.139. The van der Waals surface area contributed by atoms with Gasteiger partial charge in [-0.1, -0.05) is 18.1 Å². The molecule has 2 aromatic rings. The van der Waals surface area contributed by atoms with Crippen molar-refractivity contribution in [1.82, 2.24) is 10.1 Å². The molecule has 0 bridgehead atoms. The fourth-order valence-electron chi connectivity index (χ4n) is 1.59. The summed E-state index contributed by atoms with van der Waals surface area (Å²) in [4.78, 5) is 3.83. The maximum Gasteiger partial charge on any atom is 0.419 e. The van der Waals surface area contributed by atoms with Gasteiger partial charge in [0.1, 0.15) is 5.82 Å². The number of benzene rings is 1. The molecule has 0 saturated heterocycles. The van der Waals surface area contributed by atoms with Gasteiger partial charge in [-0.2, -0.15) is 18.2 Å². The molecular formula is C12H11F4N3O. The minimum Gasteiger partial charge on any atom is -0.334 e. The molecule has 0 aliphatic heterocycles. The molecule has 0 aliphatic carbocycles. The third kappa shape index (κ3) is 2.64. The van der Waals surface area contributed by atoms with Gasteiger partial charge >= 0.3 is 6.18 Å². The van der Waals surface area contributed by atoms with Crippen molar-refractivity contribution in [2.45, 2.75) is 25.6 Å². The molecule has 0 saturated carbocycles. The topological polar surface area (TPSA) is 64.9 Å². The minimum atomic E-state index is -4.79. The fraction of sp³-hybridized carbons (Fsp3) is 0.333. The number of halogens is 4. The van der Waals surface area contributed by atoms with E-state index in [4.69, 9.17) is 10.3 Å².